The summed E-state index contributed by atoms with van der Waals surface area (Å²) in [4.78, 5) is 36.0. The van der Waals surface area contributed by atoms with Gasteiger partial charge in [0.25, 0.3) is 11.8 Å². The van der Waals surface area contributed by atoms with Gasteiger partial charge in [-0.3, -0.25) is 9.59 Å². The Hall–Kier alpha value is -3.09. The molecule has 0 aliphatic carbocycles. The molecule has 0 saturated carbocycles. The Kier molecular flexibility index (Phi) is 5.82. The van der Waals surface area contributed by atoms with E-state index >= 15 is 0 Å². The molecule has 26 heavy (non-hydrogen) atoms. The van der Waals surface area contributed by atoms with Crippen molar-refractivity contribution in [3.8, 4) is 0 Å². The molecule has 1 heterocycles. The van der Waals surface area contributed by atoms with Gasteiger partial charge in [-0.15, -0.1) is 0 Å². The summed E-state index contributed by atoms with van der Waals surface area (Å²) in [5.41, 5.74) is 0.365. The molecule has 0 saturated heterocycles. The first-order valence-corrected chi connectivity index (χ1v) is 8.13. The largest absolute Gasteiger partial charge is 0.459 e. The lowest BCUT2D eigenvalue weighted by Gasteiger charge is -2.23. The number of furan rings is 1. The maximum atomic E-state index is 12.1. The highest BCUT2D eigenvalue weighted by molar-refractivity contribution is 6.02. The zero-order chi connectivity index (χ0) is 19.3. The van der Waals surface area contributed by atoms with E-state index in [4.69, 9.17) is 9.15 Å². The summed E-state index contributed by atoms with van der Waals surface area (Å²) >= 11 is 0. The van der Waals surface area contributed by atoms with Crippen LogP contribution in [0.4, 0.5) is 5.69 Å². The van der Waals surface area contributed by atoms with Gasteiger partial charge in [0.15, 0.2) is 11.9 Å². The summed E-state index contributed by atoms with van der Waals surface area (Å²) in [6.45, 7) is 7.04. The zero-order valence-electron chi connectivity index (χ0n) is 15.2. The van der Waals surface area contributed by atoms with E-state index in [9.17, 15) is 14.4 Å². The molecule has 1 atom stereocenters. The van der Waals surface area contributed by atoms with E-state index in [0.29, 0.717) is 5.69 Å². The number of nitrogens with one attached hydrogen (secondary N) is 2. The van der Waals surface area contributed by atoms with Crippen LogP contribution >= 0.6 is 0 Å². The smallest absolute Gasteiger partial charge is 0.338 e. The Morgan fingerprint density at radius 3 is 2.27 bits per heavy atom. The lowest BCUT2D eigenvalue weighted by atomic mass is 10.1. The second kappa shape index (κ2) is 7.86. The summed E-state index contributed by atoms with van der Waals surface area (Å²) in [7, 11) is 0. The molecule has 1 aromatic heterocycles. The minimum Gasteiger partial charge on any atom is -0.459 e. The standard InChI is InChI=1S/C19H22N2O5/c1-12(16(22)21-19(2,3)4)26-18(24)13-7-9-14(10-8-13)20-17(23)15-6-5-11-25-15/h5-12H,1-4H3,(H,20,23)(H,21,22)/t12-/m1/s1. The monoisotopic (exact) mass is 358 g/mol. The predicted molar refractivity (Wildman–Crippen MR) is 95.9 cm³/mol. The van der Waals surface area contributed by atoms with Crippen LogP contribution in [0, 0.1) is 0 Å². The highest BCUT2D eigenvalue weighted by Gasteiger charge is 2.23. The highest BCUT2D eigenvalue weighted by Crippen LogP contribution is 2.13. The molecule has 2 amide bonds. The van der Waals surface area contributed by atoms with Crippen molar-refractivity contribution in [2.24, 2.45) is 0 Å². The summed E-state index contributed by atoms with van der Waals surface area (Å²) in [5, 5.41) is 5.39. The number of hydrogen-bond acceptors (Lipinski definition) is 5. The van der Waals surface area contributed by atoms with Gasteiger partial charge >= 0.3 is 5.97 Å². The third kappa shape index (κ3) is 5.47. The van der Waals surface area contributed by atoms with Crippen LogP contribution in [0.3, 0.4) is 0 Å². The fourth-order valence-corrected chi connectivity index (χ4v) is 2.04. The average Bonchev–Trinajstić information content (AvgIpc) is 3.08. The molecular formula is C19H22N2O5. The van der Waals surface area contributed by atoms with Crippen molar-refractivity contribution >= 4 is 23.5 Å². The quantitative estimate of drug-likeness (QED) is 0.801. The van der Waals surface area contributed by atoms with Crippen LogP contribution in [0.25, 0.3) is 0 Å². The maximum Gasteiger partial charge on any atom is 0.338 e. The Morgan fingerprint density at radius 2 is 1.73 bits per heavy atom. The van der Waals surface area contributed by atoms with Crippen molar-refractivity contribution in [3.05, 3.63) is 54.0 Å². The van der Waals surface area contributed by atoms with E-state index < -0.39 is 23.5 Å². The van der Waals surface area contributed by atoms with Gasteiger partial charge in [0.1, 0.15) is 0 Å². The molecule has 0 spiro atoms. The Morgan fingerprint density at radius 1 is 1.08 bits per heavy atom. The molecule has 0 fully saturated rings. The molecule has 0 aliphatic heterocycles. The summed E-state index contributed by atoms with van der Waals surface area (Å²) in [6.07, 6.45) is 0.491. The molecule has 2 rings (SSSR count). The first-order chi connectivity index (χ1) is 12.2. The molecule has 1 aromatic carbocycles. The number of carbonyl (C=O) groups is 3. The van der Waals surface area contributed by atoms with Crippen molar-refractivity contribution in [1.29, 1.82) is 0 Å². The normalized spacial score (nSPS) is 12.2. The summed E-state index contributed by atoms with van der Waals surface area (Å²) < 4.78 is 10.2. The summed E-state index contributed by atoms with van der Waals surface area (Å²) in [6, 6.07) is 9.31. The fraction of sp³-hybridized carbons (Fsp3) is 0.316. The second-order valence-corrected chi connectivity index (χ2v) is 6.80. The van der Waals surface area contributed by atoms with Crippen LogP contribution in [-0.4, -0.2) is 29.4 Å². The van der Waals surface area contributed by atoms with Crippen LogP contribution in [0.15, 0.2) is 47.1 Å². The minimum absolute atomic E-state index is 0.187. The molecule has 7 nitrogen and oxygen atoms in total. The zero-order valence-corrected chi connectivity index (χ0v) is 15.2. The number of rotatable bonds is 5. The number of ether oxygens (including phenoxy) is 1. The lowest BCUT2D eigenvalue weighted by Crippen LogP contribution is -2.46. The van der Waals surface area contributed by atoms with E-state index in [1.807, 2.05) is 20.8 Å². The van der Waals surface area contributed by atoms with Crippen LogP contribution < -0.4 is 10.6 Å². The van der Waals surface area contributed by atoms with E-state index in [1.165, 1.54) is 25.3 Å². The maximum absolute atomic E-state index is 12.1. The van der Waals surface area contributed by atoms with Gasteiger partial charge < -0.3 is 19.8 Å². The Labute approximate surface area is 151 Å². The number of benzene rings is 1. The number of esters is 1. The van der Waals surface area contributed by atoms with Gasteiger partial charge in [-0.05, 0) is 64.1 Å². The van der Waals surface area contributed by atoms with Gasteiger partial charge in [0.2, 0.25) is 0 Å². The van der Waals surface area contributed by atoms with E-state index in [1.54, 1.807) is 24.3 Å². The molecule has 0 unspecified atom stereocenters. The van der Waals surface area contributed by atoms with Crippen LogP contribution in [0.2, 0.25) is 0 Å². The van der Waals surface area contributed by atoms with Gasteiger partial charge in [0.05, 0.1) is 11.8 Å². The molecule has 0 bridgehead atoms. The van der Waals surface area contributed by atoms with Gasteiger partial charge in [-0.1, -0.05) is 0 Å². The van der Waals surface area contributed by atoms with Crippen molar-refractivity contribution < 1.29 is 23.5 Å². The van der Waals surface area contributed by atoms with Gasteiger partial charge in [-0.25, -0.2) is 4.79 Å². The van der Waals surface area contributed by atoms with Crippen molar-refractivity contribution in [2.45, 2.75) is 39.3 Å². The topological polar surface area (TPSA) is 97.6 Å². The Bertz CT molecular complexity index is 773. The third-order valence-corrected chi connectivity index (χ3v) is 3.27. The number of amides is 2. The van der Waals surface area contributed by atoms with E-state index in [2.05, 4.69) is 10.6 Å². The second-order valence-electron chi connectivity index (χ2n) is 6.80. The molecule has 2 aromatic rings. The number of anilines is 1. The summed E-state index contributed by atoms with van der Waals surface area (Å²) in [5.74, 6) is -1.19. The average molecular weight is 358 g/mol. The predicted octanol–water partition coefficient (Wildman–Crippen LogP) is 2.99. The van der Waals surface area contributed by atoms with Crippen LogP contribution in [0.1, 0.15) is 48.6 Å². The Balaban J connectivity index is 1.94. The molecular weight excluding hydrogens is 336 g/mol. The first kappa shape index (κ1) is 19.2. The minimum atomic E-state index is -0.917. The van der Waals surface area contributed by atoms with E-state index in [-0.39, 0.29) is 17.2 Å². The van der Waals surface area contributed by atoms with E-state index in [0.717, 1.165) is 0 Å². The number of carbonyl (C=O) groups excluding carboxylic acids is 3. The first-order valence-electron chi connectivity index (χ1n) is 8.13. The molecule has 2 N–H and O–H groups in total. The lowest BCUT2D eigenvalue weighted by molar-refractivity contribution is -0.130. The highest BCUT2D eigenvalue weighted by atomic mass is 16.5. The van der Waals surface area contributed by atoms with Crippen LogP contribution in [0.5, 0.6) is 0 Å². The van der Waals surface area contributed by atoms with Gasteiger partial charge in [0, 0.05) is 11.2 Å². The SMILES string of the molecule is C[C@@H](OC(=O)c1ccc(NC(=O)c2ccco2)cc1)C(=O)NC(C)(C)C. The molecule has 0 radical (unpaired) electrons. The van der Waals surface area contributed by atoms with Gasteiger partial charge in [-0.2, -0.15) is 0 Å². The van der Waals surface area contributed by atoms with Crippen LogP contribution in [-0.2, 0) is 9.53 Å². The fourth-order valence-electron chi connectivity index (χ4n) is 2.04. The third-order valence-electron chi connectivity index (χ3n) is 3.27. The van der Waals surface area contributed by atoms with Crippen molar-refractivity contribution in [3.63, 3.8) is 0 Å². The van der Waals surface area contributed by atoms with Crippen molar-refractivity contribution in [2.75, 3.05) is 5.32 Å². The molecule has 7 heteroatoms. The molecule has 138 valence electrons. The number of hydrogen-bond donors (Lipinski definition) is 2. The van der Waals surface area contributed by atoms with Crippen molar-refractivity contribution in [1.82, 2.24) is 5.32 Å². The molecule has 0 aliphatic rings.